The van der Waals surface area contributed by atoms with E-state index in [1.165, 1.54) is 5.57 Å². The summed E-state index contributed by atoms with van der Waals surface area (Å²) in [7, 11) is 0. The lowest BCUT2D eigenvalue weighted by Gasteiger charge is -2.50. The minimum absolute atomic E-state index is 0.00518. The molecule has 6 nitrogen and oxygen atoms in total. The number of carbonyl (C=O) groups is 2. The quantitative estimate of drug-likeness (QED) is 0.493. The van der Waals surface area contributed by atoms with Crippen molar-refractivity contribution in [3.05, 3.63) is 47.0 Å². The van der Waals surface area contributed by atoms with E-state index in [1.807, 2.05) is 44.2 Å². The van der Waals surface area contributed by atoms with E-state index in [0.29, 0.717) is 12.8 Å². The molecule has 0 amide bonds. The Labute approximate surface area is 196 Å². The van der Waals surface area contributed by atoms with Gasteiger partial charge in [-0.05, 0) is 50.2 Å². The summed E-state index contributed by atoms with van der Waals surface area (Å²) < 4.78 is 18.8. The SMILES string of the molecule is CC1=C2[C@@H](CC1)[C@]1(C)O[C@@](C(C)C)(C[C@H]1OC(=O)CO)[C@H]2OC(=O)C(C)Cc1ccccc1. The van der Waals surface area contributed by atoms with Gasteiger partial charge in [0.05, 0.1) is 5.92 Å². The summed E-state index contributed by atoms with van der Waals surface area (Å²) in [5.41, 5.74) is 1.98. The second-order valence-corrected chi connectivity index (χ2v) is 10.5. The molecule has 2 bridgehead atoms. The molecule has 0 radical (unpaired) electrons. The van der Waals surface area contributed by atoms with E-state index >= 15 is 0 Å². The number of ether oxygens (including phenoxy) is 3. The van der Waals surface area contributed by atoms with Crippen LogP contribution in [0.2, 0.25) is 0 Å². The Bertz CT molecular complexity index is 937. The van der Waals surface area contributed by atoms with Crippen LogP contribution in [0.25, 0.3) is 0 Å². The van der Waals surface area contributed by atoms with Gasteiger partial charge in [0.25, 0.3) is 0 Å². The normalized spacial score (nSPS) is 33.7. The van der Waals surface area contributed by atoms with Crippen molar-refractivity contribution < 1.29 is 28.9 Å². The van der Waals surface area contributed by atoms with Gasteiger partial charge < -0.3 is 19.3 Å². The van der Waals surface area contributed by atoms with Crippen molar-refractivity contribution in [3.63, 3.8) is 0 Å². The molecule has 6 atom stereocenters. The van der Waals surface area contributed by atoms with Crippen LogP contribution >= 0.6 is 0 Å². The number of allylic oxidation sites excluding steroid dienone is 1. The molecule has 0 saturated carbocycles. The van der Waals surface area contributed by atoms with Crippen LogP contribution in [0.15, 0.2) is 41.5 Å². The van der Waals surface area contributed by atoms with Gasteiger partial charge in [0, 0.05) is 12.3 Å². The summed E-state index contributed by atoms with van der Waals surface area (Å²) in [6, 6.07) is 9.95. The van der Waals surface area contributed by atoms with Gasteiger partial charge in [0.2, 0.25) is 0 Å². The molecule has 2 saturated heterocycles. The van der Waals surface area contributed by atoms with E-state index in [0.717, 1.165) is 24.0 Å². The van der Waals surface area contributed by atoms with Crippen LogP contribution in [0.5, 0.6) is 0 Å². The second-order valence-electron chi connectivity index (χ2n) is 10.5. The van der Waals surface area contributed by atoms with Crippen LogP contribution < -0.4 is 0 Å². The predicted molar refractivity (Wildman–Crippen MR) is 123 cm³/mol. The molecule has 0 aromatic heterocycles. The number of aliphatic hydroxyl groups excluding tert-OH is 1. The lowest BCUT2D eigenvalue weighted by atomic mass is 9.74. The number of hydrogen-bond acceptors (Lipinski definition) is 6. The van der Waals surface area contributed by atoms with Crippen molar-refractivity contribution in [3.8, 4) is 0 Å². The zero-order valence-corrected chi connectivity index (χ0v) is 20.3. The Hall–Kier alpha value is -2.18. The molecule has 1 unspecified atom stereocenters. The Morgan fingerprint density at radius 2 is 1.88 bits per heavy atom. The fourth-order valence-corrected chi connectivity index (χ4v) is 6.15. The highest BCUT2D eigenvalue weighted by Crippen LogP contribution is 2.61. The lowest BCUT2D eigenvalue weighted by molar-refractivity contribution is -0.226. The van der Waals surface area contributed by atoms with Gasteiger partial charge in [0.15, 0.2) is 6.10 Å². The average molecular weight is 457 g/mol. The summed E-state index contributed by atoms with van der Waals surface area (Å²) in [6.45, 7) is 9.49. The lowest BCUT2D eigenvalue weighted by Crippen LogP contribution is -2.59. The maximum Gasteiger partial charge on any atom is 0.332 e. The third-order valence-corrected chi connectivity index (χ3v) is 8.05. The van der Waals surface area contributed by atoms with E-state index in [1.54, 1.807) is 0 Å². The molecule has 2 aliphatic heterocycles. The zero-order chi connectivity index (χ0) is 24.0. The number of esters is 2. The Balaban J connectivity index is 1.66. The molecule has 180 valence electrons. The zero-order valence-electron chi connectivity index (χ0n) is 20.3. The van der Waals surface area contributed by atoms with Crippen LogP contribution in [0, 0.1) is 17.8 Å². The molecule has 1 aliphatic carbocycles. The van der Waals surface area contributed by atoms with Crippen LogP contribution in [0.4, 0.5) is 0 Å². The minimum Gasteiger partial charge on any atom is -0.457 e. The van der Waals surface area contributed by atoms with Crippen molar-refractivity contribution in [1.29, 1.82) is 0 Å². The average Bonchev–Trinajstić information content (AvgIpc) is 3.30. The van der Waals surface area contributed by atoms with E-state index in [2.05, 4.69) is 20.8 Å². The van der Waals surface area contributed by atoms with Crippen molar-refractivity contribution in [2.45, 2.75) is 83.7 Å². The molecule has 2 heterocycles. The monoisotopic (exact) mass is 456 g/mol. The summed E-state index contributed by atoms with van der Waals surface area (Å²) in [6.07, 6.45) is 1.80. The molecule has 3 aliphatic rings. The molecule has 1 aromatic rings. The fourth-order valence-electron chi connectivity index (χ4n) is 6.15. The van der Waals surface area contributed by atoms with E-state index in [-0.39, 0.29) is 23.7 Å². The highest BCUT2D eigenvalue weighted by atomic mass is 16.6. The first kappa shape index (κ1) is 24.0. The predicted octanol–water partition coefficient (Wildman–Crippen LogP) is 4.00. The first-order valence-electron chi connectivity index (χ1n) is 12.1. The molecule has 4 rings (SSSR count). The van der Waals surface area contributed by atoms with Gasteiger partial charge in [0.1, 0.15) is 23.9 Å². The van der Waals surface area contributed by atoms with Crippen LogP contribution in [-0.4, -0.2) is 47.1 Å². The molecule has 1 N–H and O–H groups in total. The van der Waals surface area contributed by atoms with E-state index in [4.69, 9.17) is 14.2 Å². The van der Waals surface area contributed by atoms with Crippen molar-refractivity contribution in [2.24, 2.45) is 17.8 Å². The maximum atomic E-state index is 13.3. The smallest absolute Gasteiger partial charge is 0.332 e. The highest BCUT2D eigenvalue weighted by Gasteiger charge is 2.70. The third-order valence-electron chi connectivity index (χ3n) is 8.05. The Kier molecular flexibility index (Phi) is 6.45. The number of benzene rings is 1. The first-order chi connectivity index (χ1) is 15.6. The topological polar surface area (TPSA) is 82.1 Å². The standard InChI is InChI=1S/C27H36O6/c1-16(2)27-14-21(31-22(29)15-28)26(5,33-27)20-12-11-17(3)23(20)24(27)32-25(30)18(4)13-19-9-7-6-8-10-19/h6-10,16,18,20-21,24,28H,11-15H2,1-5H3/t18?,20-,21-,24+,26+,27-/m1/s1. The summed E-state index contributed by atoms with van der Waals surface area (Å²) in [5, 5.41) is 9.28. The molecule has 6 heteroatoms. The number of fused-ring (bicyclic) bond motifs is 4. The number of hydrogen-bond donors (Lipinski definition) is 1. The molecular formula is C27H36O6. The first-order valence-corrected chi connectivity index (χ1v) is 12.1. The largest absolute Gasteiger partial charge is 0.457 e. The minimum atomic E-state index is -0.783. The molecule has 0 spiro atoms. The van der Waals surface area contributed by atoms with Crippen molar-refractivity contribution in [1.82, 2.24) is 0 Å². The molecular weight excluding hydrogens is 420 g/mol. The summed E-state index contributed by atoms with van der Waals surface area (Å²) in [5.74, 6) is -1.15. The fraction of sp³-hybridized carbons (Fsp3) is 0.630. The summed E-state index contributed by atoms with van der Waals surface area (Å²) in [4.78, 5) is 25.3. The Morgan fingerprint density at radius 3 is 2.52 bits per heavy atom. The Morgan fingerprint density at radius 1 is 1.18 bits per heavy atom. The second kappa shape index (κ2) is 8.88. The van der Waals surface area contributed by atoms with Crippen LogP contribution in [0.1, 0.15) is 59.4 Å². The van der Waals surface area contributed by atoms with E-state index in [9.17, 15) is 14.7 Å². The van der Waals surface area contributed by atoms with Gasteiger partial charge in [-0.1, -0.05) is 56.7 Å². The van der Waals surface area contributed by atoms with Crippen molar-refractivity contribution >= 4 is 11.9 Å². The van der Waals surface area contributed by atoms with Gasteiger partial charge in [-0.25, -0.2) is 4.79 Å². The number of aliphatic hydroxyl groups is 1. The maximum absolute atomic E-state index is 13.3. The molecule has 33 heavy (non-hydrogen) atoms. The highest BCUT2D eigenvalue weighted by molar-refractivity contribution is 5.73. The van der Waals surface area contributed by atoms with Crippen LogP contribution in [0.3, 0.4) is 0 Å². The van der Waals surface area contributed by atoms with E-state index < -0.39 is 36.0 Å². The molecule has 1 aromatic carbocycles. The number of rotatable bonds is 7. The third kappa shape index (κ3) is 4.01. The number of carbonyl (C=O) groups excluding carboxylic acids is 2. The van der Waals surface area contributed by atoms with Gasteiger partial charge in [-0.15, -0.1) is 0 Å². The summed E-state index contributed by atoms with van der Waals surface area (Å²) >= 11 is 0. The van der Waals surface area contributed by atoms with Crippen LogP contribution in [-0.2, 0) is 30.2 Å². The van der Waals surface area contributed by atoms with Gasteiger partial charge in [-0.2, -0.15) is 0 Å². The van der Waals surface area contributed by atoms with Gasteiger partial charge >= 0.3 is 11.9 Å². The van der Waals surface area contributed by atoms with Crippen molar-refractivity contribution in [2.75, 3.05) is 6.61 Å². The van der Waals surface area contributed by atoms with Gasteiger partial charge in [-0.3, -0.25) is 4.79 Å². The molecule has 2 fully saturated rings.